The molecule has 2 atom stereocenters. The van der Waals surface area contributed by atoms with Crippen LogP contribution in [0.4, 0.5) is 0 Å². The van der Waals surface area contributed by atoms with Gasteiger partial charge in [0, 0.05) is 0 Å². The van der Waals surface area contributed by atoms with Crippen LogP contribution in [-0.2, 0) is 20.7 Å². The van der Waals surface area contributed by atoms with Crippen LogP contribution in [0, 0.1) is 11.8 Å². The molecule has 0 saturated carbocycles. The van der Waals surface area contributed by atoms with Crippen LogP contribution in [0.1, 0.15) is 65.4 Å². The van der Waals surface area contributed by atoms with Crippen molar-refractivity contribution in [2.75, 3.05) is 0 Å². The van der Waals surface area contributed by atoms with Crippen molar-refractivity contribution in [3.05, 3.63) is 60.2 Å². The van der Waals surface area contributed by atoms with Crippen molar-refractivity contribution in [3.8, 4) is 11.5 Å². The van der Waals surface area contributed by atoms with Crippen molar-refractivity contribution in [3.63, 3.8) is 0 Å². The Balaban J connectivity index is 1.97. The van der Waals surface area contributed by atoms with E-state index in [-0.39, 0.29) is 5.97 Å². The predicted octanol–water partition coefficient (Wildman–Crippen LogP) is 6.65. The standard InChI is InChI=1S/C27H36O5/c1-5-6-10-22(26(30)32-27(2,3)4)19-21(25(28)29)16-13-20-14-17-24(18-15-20)31-23-11-8-7-9-12-23/h7-9,11-12,14-15,17-18,21-22H,5-6,10,13,16,19H2,1-4H3,(H,28,29)/t21-,22+/m1/s1. The Morgan fingerprint density at radius 2 is 1.53 bits per heavy atom. The summed E-state index contributed by atoms with van der Waals surface area (Å²) in [7, 11) is 0. The summed E-state index contributed by atoms with van der Waals surface area (Å²) in [6, 6.07) is 17.3. The molecule has 32 heavy (non-hydrogen) atoms. The average Bonchev–Trinajstić information content (AvgIpc) is 2.73. The third-order valence-electron chi connectivity index (χ3n) is 5.25. The largest absolute Gasteiger partial charge is 0.481 e. The minimum atomic E-state index is -0.862. The van der Waals surface area contributed by atoms with Crippen molar-refractivity contribution >= 4 is 11.9 Å². The minimum absolute atomic E-state index is 0.292. The summed E-state index contributed by atoms with van der Waals surface area (Å²) in [5.74, 6) is -0.633. The molecule has 0 aliphatic rings. The summed E-state index contributed by atoms with van der Waals surface area (Å²) >= 11 is 0. The molecular weight excluding hydrogens is 404 g/mol. The summed E-state index contributed by atoms with van der Waals surface area (Å²) in [6.07, 6.45) is 3.88. The number of esters is 1. The van der Waals surface area contributed by atoms with Crippen molar-refractivity contribution < 1.29 is 24.2 Å². The van der Waals surface area contributed by atoms with E-state index in [1.807, 2.05) is 75.4 Å². The minimum Gasteiger partial charge on any atom is -0.481 e. The second-order valence-corrected chi connectivity index (χ2v) is 9.24. The summed E-state index contributed by atoms with van der Waals surface area (Å²) in [5, 5.41) is 9.78. The van der Waals surface area contributed by atoms with Crippen molar-refractivity contribution in [1.82, 2.24) is 0 Å². The third-order valence-corrected chi connectivity index (χ3v) is 5.25. The molecule has 0 spiro atoms. The molecule has 2 aromatic rings. The summed E-state index contributed by atoms with van der Waals surface area (Å²) in [4.78, 5) is 24.6. The quantitative estimate of drug-likeness (QED) is 0.374. The number of carboxylic acids is 1. The number of aryl methyl sites for hydroxylation is 1. The second kappa shape index (κ2) is 12.3. The lowest BCUT2D eigenvalue weighted by atomic mass is 9.87. The Morgan fingerprint density at radius 3 is 2.09 bits per heavy atom. The molecule has 0 aliphatic heterocycles. The van der Waals surface area contributed by atoms with Crippen LogP contribution >= 0.6 is 0 Å². The number of carbonyl (C=O) groups is 2. The summed E-state index contributed by atoms with van der Waals surface area (Å²) in [6.45, 7) is 7.57. The highest BCUT2D eigenvalue weighted by Crippen LogP contribution is 2.27. The van der Waals surface area contributed by atoms with E-state index in [1.165, 1.54) is 0 Å². The highest BCUT2D eigenvalue weighted by molar-refractivity contribution is 5.75. The highest BCUT2D eigenvalue weighted by atomic mass is 16.6. The van der Waals surface area contributed by atoms with E-state index in [2.05, 4.69) is 6.92 Å². The number of carbonyl (C=O) groups excluding carboxylic acids is 1. The normalized spacial score (nSPS) is 13.2. The zero-order valence-electron chi connectivity index (χ0n) is 19.7. The first-order chi connectivity index (χ1) is 15.2. The highest BCUT2D eigenvalue weighted by Gasteiger charge is 2.30. The molecule has 0 amide bonds. The summed E-state index contributed by atoms with van der Waals surface area (Å²) in [5.41, 5.74) is 0.461. The first kappa shape index (κ1) is 25.4. The number of hydrogen-bond acceptors (Lipinski definition) is 4. The fourth-order valence-corrected chi connectivity index (χ4v) is 3.54. The smallest absolute Gasteiger partial charge is 0.309 e. The maximum Gasteiger partial charge on any atom is 0.309 e. The number of hydrogen-bond donors (Lipinski definition) is 1. The van der Waals surface area contributed by atoms with Crippen LogP contribution in [0.25, 0.3) is 0 Å². The van der Waals surface area contributed by atoms with E-state index in [1.54, 1.807) is 0 Å². The second-order valence-electron chi connectivity index (χ2n) is 9.24. The number of para-hydroxylation sites is 1. The molecule has 0 radical (unpaired) electrons. The molecule has 0 fully saturated rings. The lowest BCUT2D eigenvalue weighted by Crippen LogP contribution is -2.31. The van der Waals surface area contributed by atoms with E-state index in [9.17, 15) is 14.7 Å². The molecule has 174 valence electrons. The van der Waals surface area contributed by atoms with E-state index < -0.39 is 23.4 Å². The van der Waals surface area contributed by atoms with E-state index >= 15 is 0 Å². The van der Waals surface area contributed by atoms with Gasteiger partial charge in [-0.05, 0) is 76.3 Å². The van der Waals surface area contributed by atoms with Gasteiger partial charge in [0.05, 0.1) is 11.8 Å². The molecule has 0 unspecified atom stereocenters. The van der Waals surface area contributed by atoms with E-state index in [0.29, 0.717) is 25.7 Å². The van der Waals surface area contributed by atoms with Gasteiger partial charge in [-0.3, -0.25) is 9.59 Å². The fourth-order valence-electron chi connectivity index (χ4n) is 3.54. The van der Waals surface area contributed by atoms with Crippen LogP contribution in [0.5, 0.6) is 11.5 Å². The number of benzene rings is 2. The summed E-state index contributed by atoms with van der Waals surface area (Å²) < 4.78 is 11.4. The Bertz CT molecular complexity index is 837. The maximum absolute atomic E-state index is 12.7. The molecule has 0 heterocycles. The van der Waals surface area contributed by atoms with Gasteiger partial charge >= 0.3 is 11.9 Å². The molecule has 0 aromatic heterocycles. The Hall–Kier alpha value is -2.82. The average molecular weight is 441 g/mol. The van der Waals surface area contributed by atoms with Gasteiger partial charge in [0.1, 0.15) is 17.1 Å². The van der Waals surface area contributed by atoms with E-state index in [4.69, 9.17) is 9.47 Å². The lowest BCUT2D eigenvalue weighted by Gasteiger charge is -2.25. The number of ether oxygens (including phenoxy) is 2. The van der Waals surface area contributed by atoms with Gasteiger partial charge in [0.2, 0.25) is 0 Å². The van der Waals surface area contributed by atoms with Gasteiger partial charge in [0.25, 0.3) is 0 Å². The van der Waals surface area contributed by atoms with Crippen molar-refractivity contribution in [2.24, 2.45) is 11.8 Å². The monoisotopic (exact) mass is 440 g/mol. The molecule has 5 heteroatoms. The van der Waals surface area contributed by atoms with Gasteiger partial charge in [-0.25, -0.2) is 0 Å². The van der Waals surface area contributed by atoms with Crippen LogP contribution in [0.15, 0.2) is 54.6 Å². The SMILES string of the molecule is CCCC[C@@H](C[C@@H](CCc1ccc(Oc2ccccc2)cc1)C(=O)O)C(=O)OC(C)(C)C. The topological polar surface area (TPSA) is 72.8 Å². The number of aliphatic carboxylic acids is 1. The molecule has 0 saturated heterocycles. The van der Waals surface area contributed by atoms with Crippen LogP contribution in [0.2, 0.25) is 0 Å². The van der Waals surface area contributed by atoms with Gasteiger partial charge in [-0.2, -0.15) is 0 Å². The van der Waals surface area contributed by atoms with Crippen molar-refractivity contribution in [1.29, 1.82) is 0 Å². The maximum atomic E-state index is 12.7. The number of unbranched alkanes of at least 4 members (excludes halogenated alkanes) is 1. The van der Waals surface area contributed by atoms with Crippen LogP contribution < -0.4 is 4.74 Å². The van der Waals surface area contributed by atoms with Crippen LogP contribution in [0.3, 0.4) is 0 Å². The van der Waals surface area contributed by atoms with Crippen LogP contribution in [-0.4, -0.2) is 22.6 Å². The predicted molar refractivity (Wildman–Crippen MR) is 126 cm³/mol. The van der Waals surface area contributed by atoms with Gasteiger partial charge in [-0.1, -0.05) is 50.1 Å². The van der Waals surface area contributed by atoms with E-state index in [0.717, 1.165) is 29.9 Å². The zero-order chi connectivity index (χ0) is 23.6. The zero-order valence-corrected chi connectivity index (χ0v) is 19.7. The van der Waals surface area contributed by atoms with Gasteiger partial charge in [0.15, 0.2) is 0 Å². The fraction of sp³-hybridized carbons (Fsp3) is 0.481. The molecule has 0 bridgehead atoms. The molecule has 2 aromatic carbocycles. The molecule has 2 rings (SSSR count). The number of rotatable bonds is 12. The molecule has 5 nitrogen and oxygen atoms in total. The first-order valence-electron chi connectivity index (χ1n) is 11.5. The van der Waals surface area contributed by atoms with Gasteiger partial charge in [-0.15, -0.1) is 0 Å². The molecule has 0 aliphatic carbocycles. The lowest BCUT2D eigenvalue weighted by molar-refractivity contribution is -0.161. The molecule has 1 N–H and O–H groups in total. The Morgan fingerprint density at radius 1 is 0.906 bits per heavy atom. The Kier molecular flexibility index (Phi) is 9.76. The van der Waals surface area contributed by atoms with Gasteiger partial charge < -0.3 is 14.6 Å². The number of carboxylic acid groups (broad SMARTS) is 1. The third kappa shape index (κ3) is 9.13. The Labute approximate surface area is 191 Å². The molecular formula is C27H36O5. The first-order valence-corrected chi connectivity index (χ1v) is 11.5. The van der Waals surface area contributed by atoms with Crippen molar-refractivity contribution in [2.45, 2.75) is 71.8 Å².